The van der Waals surface area contributed by atoms with E-state index in [-0.39, 0.29) is 11.9 Å². The number of nitrogens with zero attached hydrogens (tertiary/aromatic N) is 1. The van der Waals surface area contributed by atoms with Crippen LogP contribution in [0.1, 0.15) is 27.7 Å². The van der Waals surface area contributed by atoms with Crippen molar-refractivity contribution in [3.05, 3.63) is 0 Å². The van der Waals surface area contributed by atoms with Gasteiger partial charge >= 0.3 is 5.97 Å². The SMILES string of the molecule is CC1CSCCN1C(=O)C(C(=O)O)C(C)(C)C. The van der Waals surface area contributed by atoms with Gasteiger partial charge in [0, 0.05) is 24.1 Å². The molecule has 1 saturated heterocycles. The molecule has 2 unspecified atom stereocenters. The number of hydrogen-bond donors (Lipinski definition) is 1. The van der Waals surface area contributed by atoms with Crippen LogP contribution in [0.2, 0.25) is 0 Å². The number of carbonyl (C=O) groups excluding carboxylic acids is 1. The van der Waals surface area contributed by atoms with Gasteiger partial charge < -0.3 is 10.0 Å². The molecule has 1 rings (SSSR count). The number of rotatable bonds is 2. The quantitative estimate of drug-likeness (QED) is 0.767. The molecule has 1 fully saturated rings. The summed E-state index contributed by atoms with van der Waals surface area (Å²) in [4.78, 5) is 25.3. The van der Waals surface area contributed by atoms with E-state index in [1.165, 1.54) is 0 Å². The molecule has 0 aromatic rings. The normalized spacial score (nSPS) is 23.3. The third-order valence-electron chi connectivity index (χ3n) is 3.01. The molecule has 5 heteroatoms. The monoisotopic (exact) mass is 259 g/mol. The lowest BCUT2D eigenvalue weighted by Gasteiger charge is -2.37. The van der Waals surface area contributed by atoms with Crippen LogP contribution < -0.4 is 0 Å². The van der Waals surface area contributed by atoms with E-state index in [1.54, 1.807) is 25.7 Å². The first kappa shape index (κ1) is 14.4. The minimum absolute atomic E-state index is 0.130. The lowest BCUT2D eigenvalue weighted by molar-refractivity contribution is -0.156. The molecule has 0 spiro atoms. The Morgan fingerprint density at radius 3 is 2.41 bits per heavy atom. The fourth-order valence-electron chi connectivity index (χ4n) is 2.07. The average molecular weight is 259 g/mol. The summed E-state index contributed by atoms with van der Waals surface area (Å²) in [6.07, 6.45) is 0. The number of carboxylic acid groups (broad SMARTS) is 1. The van der Waals surface area contributed by atoms with E-state index in [9.17, 15) is 14.7 Å². The summed E-state index contributed by atoms with van der Waals surface area (Å²) in [5, 5.41) is 9.24. The highest BCUT2D eigenvalue weighted by atomic mass is 32.2. The van der Waals surface area contributed by atoms with Gasteiger partial charge in [0.2, 0.25) is 5.91 Å². The first-order chi connectivity index (χ1) is 7.75. The number of thioether (sulfide) groups is 1. The third-order valence-corrected chi connectivity index (χ3v) is 4.20. The zero-order valence-electron chi connectivity index (χ0n) is 10.9. The maximum atomic E-state index is 12.3. The molecule has 0 aliphatic carbocycles. The molecule has 1 amide bonds. The van der Waals surface area contributed by atoms with Crippen molar-refractivity contribution in [2.45, 2.75) is 33.7 Å². The van der Waals surface area contributed by atoms with Gasteiger partial charge in [-0.15, -0.1) is 0 Å². The molecule has 2 atom stereocenters. The van der Waals surface area contributed by atoms with E-state index < -0.39 is 17.3 Å². The molecule has 0 bridgehead atoms. The molecule has 0 radical (unpaired) electrons. The fraction of sp³-hybridized carbons (Fsp3) is 0.833. The first-order valence-electron chi connectivity index (χ1n) is 5.86. The Balaban J connectivity index is 2.88. The molecular formula is C12H21NO3S. The van der Waals surface area contributed by atoms with Gasteiger partial charge in [-0.05, 0) is 12.3 Å². The standard InChI is InChI=1S/C12H21NO3S/c1-8-7-17-6-5-13(8)10(14)9(11(15)16)12(2,3)4/h8-9H,5-7H2,1-4H3,(H,15,16). The Morgan fingerprint density at radius 1 is 1.41 bits per heavy atom. The van der Waals surface area contributed by atoms with E-state index in [1.807, 2.05) is 18.7 Å². The Morgan fingerprint density at radius 2 is 2.00 bits per heavy atom. The van der Waals surface area contributed by atoms with Gasteiger partial charge in [-0.1, -0.05) is 20.8 Å². The zero-order chi connectivity index (χ0) is 13.2. The van der Waals surface area contributed by atoms with Crippen molar-refractivity contribution in [1.82, 2.24) is 4.90 Å². The summed E-state index contributed by atoms with van der Waals surface area (Å²) in [5.74, 6) is -0.423. The van der Waals surface area contributed by atoms with Gasteiger partial charge in [0.15, 0.2) is 0 Å². The van der Waals surface area contributed by atoms with Crippen LogP contribution >= 0.6 is 11.8 Å². The third kappa shape index (κ3) is 3.37. The number of aliphatic carboxylic acids is 1. The topological polar surface area (TPSA) is 57.6 Å². The molecule has 1 aliphatic heterocycles. The first-order valence-corrected chi connectivity index (χ1v) is 7.01. The molecule has 0 aromatic carbocycles. The van der Waals surface area contributed by atoms with Crippen LogP contribution in [0.15, 0.2) is 0 Å². The van der Waals surface area contributed by atoms with Crippen molar-refractivity contribution in [2.75, 3.05) is 18.1 Å². The van der Waals surface area contributed by atoms with Gasteiger partial charge in [-0.3, -0.25) is 9.59 Å². The minimum atomic E-state index is -1.02. The van der Waals surface area contributed by atoms with E-state index >= 15 is 0 Å². The summed E-state index contributed by atoms with van der Waals surface area (Å²) < 4.78 is 0. The number of carbonyl (C=O) groups is 2. The van der Waals surface area contributed by atoms with E-state index in [0.717, 1.165) is 11.5 Å². The number of carboxylic acids is 1. The highest BCUT2D eigenvalue weighted by Crippen LogP contribution is 2.30. The van der Waals surface area contributed by atoms with Crippen LogP contribution in [0, 0.1) is 11.3 Å². The summed E-state index contributed by atoms with van der Waals surface area (Å²) >= 11 is 1.81. The summed E-state index contributed by atoms with van der Waals surface area (Å²) in [6.45, 7) is 8.03. The molecule has 98 valence electrons. The van der Waals surface area contributed by atoms with Gasteiger partial charge in [0.25, 0.3) is 0 Å². The van der Waals surface area contributed by atoms with Gasteiger partial charge in [0.05, 0.1) is 0 Å². The summed E-state index contributed by atoms with van der Waals surface area (Å²) in [5.41, 5.74) is -0.548. The van der Waals surface area contributed by atoms with Crippen molar-refractivity contribution in [2.24, 2.45) is 11.3 Å². The molecule has 17 heavy (non-hydrogen) atoms. The summed E-state index contributed by atoms with van der Waals surface area (Å²) in [7, 11) is 0. The molecule has 1 aliphatic rings. The van der Waals surface area contributed by atoms with Crippen LogP contribution in [-0.2, 0) is 9.59 Å². The molecule has 0 saturated carbocycles. The predicted octanol–water partition coefficient (Wildman–Crippen LogP) is 1.70. The van der Waals surface area contributed by atoms with Crippen molar-refractivity contribution in [1.29, 1.82) is 0 Å². The highest BCUT2D eigenvalue weighted by molar-refractivity contribution is 7.99. The second kappa shape index (κ2) is 5.29. The second-order valence-electron chi connectivity index (χ2n) is 5.59. The molecule has 1 N–H and O–H groups in total. The Bertz CT molecular complexity index is 311. The van der Waals surface area contributed by atoms with Crippen LogP contribution in [0.5, 0.6) is 0 Å². The Hall–Kier alpha value is -0.710. The number of hydrogen-bond acceptors (Lipinski definition) is 3. The zero-order valence-corrected chi connectivity index (χ0v) is 11.7. The second-order valence-corrected chi connectivity index (χ2v) is 6.74. The number of amides is 1. The van der Waals surface area contributed by atoms with Crippen LogP contribution in [0.4, 0.5) is 0 Å². The van der Waals surface area contributed by atoms with Crippen molar-refractivity contribution >= 4 is 23.6 Å². The fourth-order valence-corrected chi connectivity index (χ4v) is 3.08. The predicted molar refractivity (Wildman–Crippen MR) is 69.1 cm³/mol. The average Bonchev–Trinajstić information content (AvgIpc) is 2.15. The van der Waals surface area contributed by atoms with Gasteiger partial charge in [0.1, 0.15) is 5.92 Å². The lowest BCUT2D eigenvalue weighted by atomic mass is 9.79. The van der Waals surface area contributed by atoms with Crippen molar-refractivity contribution in [3.63, 3.8) is 0 Å². The van der Waals surface area contributed by atoms with Gasteiger partial charge in [-0.25, -0.2) is 0 Å². The largest absolute Gasteiger partial charge is 0.481 e. The van der Waals surface area contributed by atoms with Crippen LogP contribution in [0.3, 0.4) is 0 Å². The highest BCUT2D eigenvalue weighted by Gasteiger charge is 2.41. The Labute approximate surface area is 107 Å². The lowest BCUT2D eigenvalue weighted by Crippen LogP contribution is -2.51. The molecule has 4 nitrogen and oxygen atoms in total. The van der Waals surface area contributed by atoms with E-state index in [2.05, 4.69) is 0 Å². The molecule has 0 aromatic heterocycles. The minimum Gasteiger partial charge on any atom is -0.481 e. The van der Waals surface area contributed by atoms with Crippen LogP contribution in [0.25, 0.3) is 0 Å². The van der Waals surface area contributed by atoms with E-state index in [0.29, 0.717) is 6.54 Å². The van der Waals surface area contributed by atoms with Crippen molar-refractivity contribution in [3.8, 4) is 0 Å². The summed E-state index contributed by atoms with van der Waals surface area (Å²) in [6, 6.07) is 0.130. The van der Waals surface area contributed by atoms with Crippen LogP contribution in [-0.4, -0.2) is 46.0 Å². The Kier molecular flexibility index (Phi) is 4.47. The maximum Gasteiger partial charge on any atom is 0.316 e. The molecule has 1 heterocycles. The smallest absolute Gasteiger partial charge is 0.316 e. The maximum absolute atomic E-state index is 12.3. The van der Waals surface area contributed by atoms with Crippen molar-refractivity contribution < 1.29 is 14.7 Å². The van der Waals surface area contributed by atoms with Gasteiger partial charge in [-0.2, -0.15) is 11.8 Å². The van der Waals surface area contributed by atoms with E-state index in [4.69, 9.17) is 0 Å². The molecular weight excluding hydrogens is 238 g/mol.